The van der Waals surface area contributed by atoms with E-state index in [0.717, 1.165) is 25.7 Å². The third kappa shape index (κ3) is 2.94. The first-order valence-electron chi connectivity index (χ1n) is 9.34. The Morgan fingerprint density at radius 3 is 2.54 bits per heavy atom. The lowest BCUT2D eigenvalue weighted by Crippen LogP contribution is -2.44. The Morgan fingerprint density at radius 1 is 1.23 bits per heavy atom. The number of nitrogens with zero attached hydrogens (tertiary/aromatic N) is 1. The van der Waals surface area contributed by atoms with Gasteiger partial charge in [0.2, 0.25) is 0 Å². The normalized spacial score (nSPS) is 27.6. The topological polar surface area (TPSA) is 48.0 Å². The zero-order valence-corrected chi connectivity index (χ0v) is 16.0. The molecular formula is C20H28FNO4. The molecule has 0 N–H and O–H groups in total. The monoisotopic (exact) mass is 365 g/mol. The van der Waals surface area contributed by atoms with Gasteiger partial charge in [0.05, 0.1) is 26.2 Å². The molecule has 0 saturated carbocycles. The molecule has 2 fully saturated rings. The van der Waals surface area contributed by atoms with Gasteiger partial charge < -0.3 is 14.2 Å². The van der Waals surface area contributed by atoms with Gasteiger partial charge in [-0.25, -0.2) is 4.39 Å². The molecule has 0 unspecified atom stereocenters. The summed E-state index contributed by atoms with van der Waals surface area (Å²) in [6, 6.07) is 3.45. The minimum Gasteiger partial charge on any atom is -0.493 e. The lowest BCUT2D eigenvalue weighted by Gasteiger charge is -2.34. The molecule has 26 heavy (non-hydrogen) atoms. The first-order valence-corrected chi connectivity index (χ1v) is 9.34. The molecule has 1 aromatic rings. The standard InChI is InChI=1S/C20H28FNO4/c1-5-20(19(23)26-6-2)11-14-7-8-18(20)22(14)12-13-9-16(24-3)17(25-4)10-15(13)21/h9-10,14,18H,5-8,11-12H2,1-4H3/t14-,18+,20+/m0/s1. The third-order valence-electron chi connectivity index (χ3n) is 6.10. The Labute approximate surface area is 154 Å². The quantitative estimate of drug-likeness (QED) is 0.692. The average molecular weight is 365 g/mol. The number of ether oxygens (including phenoxy) is 3. The second-order valence-electron chi connectivity index (χ2n) is 7.15. The molecular weight excluding hydrogens is 337 g/mol. The molecule has 0 radical (unpaired) electrons. The van der Waals surface area contributed by atoms with Crippen LogP contribution in [-0.2, 0) is 16.1 Å². The molecule has 2 bridgehead atoms. The number of carbonyl (C=O) groups is 1. The van der Waals surface area contributed by atoms with Gasteiger partial charge in [-0.1, -0.05) is 6.92 Å². The van der Waals surface area contributed by atoms with Crippen molar-refractivity contribution in [3.05, 3.63) is 23.5 Å². The van der Waals surface area contributed by atoms with Crippen LogP contribution in [0.2, 0.25) is 0 Å². The summed E-state index contributed by atoms with van der Waals surface area (Å²) in [5.74, 6) is 0.481. The Kier molecular flexibility index (Phi) is 5.42. The lowest BCUT2D eigenvalue weighted by atomic mass is 9.72. The number of hydrogen-bond acceptors (Lipinski definition) is 5. The molecule has 3 rings (SSSR count). The number of halogens is 1. The minimum atomic E-state index is -0.466. The van der Waals surface area contributed by atoms with Crippen molar-refractivity contribution in [1.82, 2.24) is 4.90 Å². The van der Waals surface area contributed by atoms with Gasteiger partial charge in [-0.2, -0.15) is 0 Å². The predicted molar refractivity (Wildman–Crippen MR) is 95.8 cm³/mol. The Balaban J connectivity index is 1.87. The molecule has 6 heteroatoms. The number of rotatable bonds is 7. The fourth-order valence-corrected chi connectivity index (χ4v) is 4.78. The van der Waals surface area contributed by atoms with Crippen molar-refractivity contribution >= 4 is 5.97 Å². The van der Waals surface area contributed by atoms with Gasteiger partial charge in [-0.3, -0.25) is 9.69 Å². The largest absolute Gasteiger partial charge is 0.493 e. The number of carbonyl (C=O) groups excluding carboxylic acids is 1. The summed E-state index contributed by atoms with van der Waals surface area (Å²) in [6.07, 6.45) is 3.53. The number of benzene rings is 1. The van der Waals surface area contributed by atoms with Crippen molar-refractivity contribution in [3.8, 4) is 11.5 Å². The van der Waals surface area contributed by atoms with E-state index in [9.17, 15) is 9.18 Å². The summed E-state index contributed by atoms with van der Waals surface area (Å²) in [5, 5.41) is 0. The second-order valence-corrected chi connectivity index (χ2v) is 7.15. The van der Waals surface area contributed by atoms with Crippen molar-refractivity contribution in [2.24, 2.45) is 5.41 Å². The van der Waals surface area contributed by atoms with E-state index in [1.807, 2.05) is 13.8 Å². The van der Waals surface area contributed by atoms with Crippen molar-refractivity contribution in [2.45, 2.75) is 58.2 Å². The molecule has 1 aromatic carbocycles. The van der Waals surface area contributed by atoms with Crippen molar-refractivity contribution in [1.29, 1.82) is 0 Å². The zero-order chi connectivity index (χ0) is 18.9. The molecule has 5 nitrogen and oxygen atoms in total. The highest BCUT2D eigenvalue weighted by atomic mass is 19.1. The fraction of sp³-hybridized carbons (Fsp3) is 0.650. The van der Waals surface area contributed by atoms with E-state index in [0.29, 0.717) is 30.2 Å². The summed E-state index contributed by atoms with van der Waals surface area (Å²) in [5.41, 5.74) is 0.0988. The Hall–Kier alpha value is -1.82. The Bertz CT molecular complexity index is 680. The van der Waals surface area contributed by atoms with Crippen LogP contribution in [0.1, 0.15) is 45.1 Å². The molecule has 2 heterocycles. The minimum absolute atomic E-state index is 0.101. The zero-order valence-electron chi connectivity index (χ0n) is 16.0. The van der Waals surface area contributed by atoms with Crippen LogP contribution in [-0.4, -0.2) is 43.8 Å². The van der Waals surface area contributed by atoms with Gasteiger partial charge in [-0.15, -0.1) is 0 Å². The molecule has 0 spiro atoms. The van der Waals surface area contributed by atoms with Gasteiger partial charge in [0.15, 0.2) is 11.5 Å². The lowest BCUT2D eigenvalue weighted by molar-refractivity contribution is -0.157. The number of hydrogen-bond donors (Lipinski definition) is 0. The summed E-state index contributed by atoms with van der Waals surface area (Å²) >= 11 is 0. The van der Waals surface area contributed by atoms with E-state index in [-0.39, 0.29) is 23.9 Å². The van der Waals surface area contributed by atoms with Crippen LogP contribution in [0.4, 0.5) is 4.39 Å². The van der Waals surface area contributed by atoms with Gasteiger partial charge in [0.1, 0.15) is 5.82 Å². The van der Waals surface area contributed by atoms with Crippen molar-refractivity contribution in [2.75, 3.05) is 20.8 Å². The SMILES string of the molecule is CCOC(=O)[C@]1(CC)C[C@@H]2CC[C@H]1N2Cc1cc(OC)c(OC)cc1F. The highest BCUT2D eigenvalue weighted by Gasteiger charge is 2.59. The molecule has 2 aliphatic heterocycles. The van der Waals surface area contributed by atoms with E-state index < -0.39 is 5.41 Å². The molecule has 144 valence electrons. The maximum atomic E-state index is 14.6. The summed E-state index contributed by atoms with van der Waals surface area (Å²) in [7, 11) is 3.04. The van der Waals surface area contributed by atoms with Crippen LogP contribution >= 0.6 is 0 Å². The number of methoxy groups -OCH3 is 2. The van der Waals surface area contributed by atoms with E-state index >= 15 is 0 Å². The van der Waals surface area contributed by atoms with E-state index in [2.05, 4.69) is 4.90 Å². The molecule has 0 aliphatic carbocycles. The molecule has 2 saturated heterocycles. The molecule has 0 amide bonds. The van der Waals surface area contributed by atoms with Crippen LogP contribution in [0.5, 0.6) is 11.5 Å². The van der Waals surface area contributed by atoms with Crippen LogP contribution in [0, 0.1) is 11.2 Å². The maximum Gasteiger partial charge on any atom is 0.313 e. The first-order chi connectivity index (χ1) is 12.5. The summed E-state index contributed by atoms with van der Waals surface area (Å²) in [4.78, 5) is 15.0. The molecule has 3 atom stereocenters. The van der Waals surface area contributed by atoms with E-state index in [1.54, 1.807) is 13.2 Å². The van der Waals surface area contributed by atoms with Gasteiger partial charge in [0, 0.05) is 30.3 Å². The van der Waals surface area contributed by atoms with Crippen molar-refractivity contribution in [3.63, 3.8) is 0 Å². The van der Waals surface area contributed by atoms with E-state index in [4.69, 9.17) is 14.2 Å². The van der Waals surface area contributed by atoms with Crippen LogP contribution in [0.3, 0.4) is 0 Å². The van der Waals surface area contributed by atoms with Crippen LogP contribution in [0.15, 0.2) is 12.1 Å². The smallest absolute Gasteiger partial charge is 0.313 e. The first kappa shape index (κ1) is 19.0. The van der Waals surface area contributed by atoms with Crippen molar-refractivity contribution < 1.29 is 23.4 Å². The van der Waals surface area contributed by atoms with E-state index in [1.165, 1.54) is 13.2 Å². The second kappa shape index (κ2) is 7.43. The summed E-state index contributed by atoms with van der Waals surface area (Å²) in [6.45, 7) is 4.74. The average Bonchev–Trinajstić information content (AvgIpc) is 3.18. The number of fused-ring (bicyclic) bond motifs is 2. The maximum absolute atomic E-state index is 14.6. The number of esters is 1. The Morgan fingerprint density at radius 2 is 1.92 bits per heavy atom. The summed E-state index contributed by atoms with van der Waals surface area (Å²) < 4.78 is 30.4. The van der Waals surface area contributed by atoms with Gasteiger partial charge in [-0.05, 0) is 38.7 Å². The molecule has 0 aromatic heterocycles. The highest BCUT2D eigenvalue weighted by molar-refractivity contribution is 5.78. The van der Waals surface area contributed by atoms with Crippen LogP contribution in [0.25, 0.3) is 0 Å². The van der Waals surface area contributed by atoms with Crippen LogP contribution < -0.4 is 9.47 Å². The van der Waals surface area contributed by atoms with Gasteiger partial charge >= 0.3 is 5.97 Å². The van der Waals surface area contributed by atoms with Gasteiger partial charge in [0.25, 0.3) is 0 Å². The fourth-order valence-electron chi connectivity index (χ4n) is 4.78. The predicted octanol–water partition coefficient (Wildman–Crippen LogP) is 3.54. The third-order valence-corrected chi connectivity index (χ3v) is 6.10. The highest BCUT2D eigenvalue weighted by Crippen LogP contribution is 2.53. The molecule has 2 aliphatic rings.